The number of nitrogen functional groups attached to an aromatic ring is 1. The van der Waals surface area contributed by atoms with E-state index in [9.17, 15) is 10.2 Å². The molecule has 0 unspecified atom stereocenters. The number of hydrogen-bond donors (Lipinski definition) is 4. The molecule has 1 aromatic carbocycles. The number of nitrogens with two attached hydrogens (primary N) is 1. The Kier molecular flexibility index (Phi) is 4.63. The number of rotatable bonds is 3. The predicted octanol–water partition coefficient (Wildman–Crippen LogP) is 2.66. The van der Waals surface area contributed by atoms with Gasteiger partial charge < -0.3 is 21.3 Å². The molecule has 0 aliphatic carbocycles. The van der Waals surface area contributed by atoms with E-state index in [-0.39, 0.29) is 17.5 Å². The van der Waals surface area contributed by atoms with Gasteiger partial charge in [-0.1, -0.05) is 11.8 Å². The number of aromatic nitrogens is 4. The lowest BCUT2D eigenvalue weighted by molar-refractivity contribution is 0.356. The van der Waals surface area contributed by atoms with Crippen LogP contribution in [0.2, 0.25) is 0 Å². The summed E-state index contributed by atoms with van der Waals surface area (Å²) in [5.74, 6) is -0.0140. The molecule has 3 aromatic rings. The van der Waals surface area contributed by atoms with Crippen LogP contribution in [0.15, 0.2) is 33.0 Å². The van der Waals surface area contributed by atoms with Crippen LogP contribution in [0.25, 0.3) is 11.2 Å². The number of phenolic OH excluding ortho intramolecular Hbond substituents is 2. The number of nitrogens with one attached hydrogen (secondary N) is 1. The molecule has 5 N–H and O–H groups in total. The fraction of sp³-hybridized carbons (Fsp3) is 0.312. The minimum Gasteiger partial charge on any atom is -0.504 e. The number of imidazole rings is 1. The molecule has 2 aromatic heterocycles. The number of nitrogens with zero attached hydrogens (tertiary/aromatic N) is 4. The second kappa shape index (κ2) is 6.93. The third-order valence-electron chi connectivity index (χ3n) is 4.38. The molecule has 136 valence electrons. The molecular weight excluding hydrogens is 420 g/mol. The first kappa shape index (κ1) is 17.4. The zero-order chi connectivity index (χ0) is 18.3. The third-order valence-corrected chi connectivity index (χ3v) is 6.32. The van der Waals surface area contributed by atoms with Crippen molar-refractivity contribution in [2.75, 3.05) is 18.8 Å². The quantitative estimate of drug-likeness (QED) is 0.462. The summed E-state index contributed by atoms with van der Waals surface area (Å²) in [7, 11) is 0. The first-order chi connectivity index (χ1) is 12.5. The molecule has 1 fully saturated rings. The van der Waals surface area contributed by atoms with Crippen molar-refractivity contribution in [1.29, 1.82) is 0 Å². The zero-order valence-electron chi connectivity index (χ0n) is 13.7. The molecule has 10 heteroatoms. The van der Waals surface area contributed by atoms with Gasteiger partial charge in [-0.3, -0.25) is 4.57 Å². The fourth-order valence-corrected chi connectivity index (χ4v) is 4.65. The Labute approximate surface area is 162 Å². The Balaban J connectivity index is 1.83. The average molecular weight is 437 g/mol. The molecule has 1 aliphatic rings. The zero-order valence-corrected chi connectivity index (χ0v) is 16.1. The predicted molar refractivity (Wildman–Crippen MR) is 102 cm³/mol. The van der Waals surface area contributed by atoms with E-state index >= 15 is 0 Å². The first-order valence-corrected chi connectivity index (χ1v) is 9.74. The highest BCUT2D eigenvalue weighted by Crippen LogP contribution is 2.42. The standard InChI is InChI=1S/C16H17BrN6O2S/c17-9-5-10(24)11(25)6-12(9)26-16-22-13-14(18)20-7-21-15(13)23(16)8-1-3-19-4-2-8/h5-8,19,24-25H,1-4H2,(H2,18,20,21). The van der Waals surface area contributed by atoms with Crippen LogP contribution in [0, 0.1) is 0 Å². The molecule has 0 atom stereocenters. The van der Waals surface area contributed by atoms with Gasteiger partial charge in [0.25, 0.3) is 0 Å². The van der Waals surface area contributed by atoms with Gasteiger partial charge in [0.15, 0.2) is 33.6 Å². The smallest absolute Gasteiger partial charge is 0.175 e. The van der Waals surface area contributed by atoms with Crippen molar-refractivity contribution in [3.8, 4) is 11.5 Å². The van der Waals surface area contributed by atoms with Gasteiger partial charge in [-0.05, 0) is 54.0 Å². The van der Waals surface area contributed by atoms with E-state index in [1.165, 1.54) is 30.2 Å². The number of aromatic hydroxyl groups is 2. The van der Waals surface area contributed by atoms with Gasteiger partial charge >= 0.3 is 0 Å². The molecule has 4 rings (SSSR count). The first-order valence-electron chi connectivity index (χ1n) is 8.13. The van der Waals surface area contributed by atoms with Crippen LogP contribution in [0.3, 0.4) is 0 Å². The van der Waals surface area contributed by atoms with Crippen molar-refractivity contribution in [2.24, 2.45) is 0 Å². The Morgan fingerprint density at radius 2 is 1.92 bits per heavy atom. The number of benzene rings is 1. The lowest BCUT2D eigenvalue weighted by Gasteiger charge is -2.25. The number of hydrogen-bond acceptors (Lipinski definition) is 8. The summed E-state index contributed by atoms with van der Waals surface area (Å²) in [6.07, 6.45) is 3.38. The van der Waals surface area contributed by atoms with Gasteiger partial charge in [0.1, 0.15) is 6.33 Å². The van der Waals surface area contributed by atoms with Gasteiger partial charge in [-0.25, -0.2) is 15.0 Å². The Bertz CT molecular complexity index is 973. The topological polar surface area (TPSA) is 122 Å². The van der Waals surface area contributed by atoms with E-state index in [4.69, 9.17) is 5.73 Å². The number of fused-ring (bicyclic) bond motifs is 1. The lowest BCUT2D eigenvalue weighted by atomic mass is 10.1. The maximum atomic E-state index is 9.84. The third kappa shape index (κ3) is 3.08. The van der Waals surface area contributed by atoms with E-state index in [1.54, 1.807) is 0 Å². The summed E-state index contributed by atoms with van der Waals surface area (Å²) in [5.41, 5.74) is 7.29. The van der Waals surface area contributed by atoms with E-state index in [1.807, 2.05) is 0 Å². The van der Waals surface area contributed by atoms with E-state index < -0.39 is 0 Å². The van der Waals surface area contributed by atoms with E-state index in [0.717, 1.165) is 36.0 Å². The van der Waals surface area contributed by atoms with Crippen LogP contribution in [0.1, 0.15) is 18.9 Å². The number of phenols is 2. The van der Waals surface area contributed by atoms with Gasteiger partial charge in [-0.15, -0.1) is 0 Å². The van der Waals surface area contributed by atoms with Crippen LogP contribution in [0.4, 0.5) is 5.82 Å². The molecular formula is C16H17BrN6O2S. The molecule has 1 aliphatic heterocycles. The van der Waals surface area contributed by atoms with Crippen molar-refractivity contribution >= 4 is 44.7 Å². The van der Waals surface area contributed by atoms with Crippen LogP contribution >= 0.6 is 27.7 Å². The molecule has 3 heterocycles. The highest BCUT2D eigenvalue weighted by molar-refractivity contribution is 9.10. The number of anilines is 1. The van der Waals surface area contributed by atoms with Gasteiger partial charge in [0.05, 0.1) is 0 Å². The summed E-state index contributed by atoms with van der Waals surface area (Å²) in [4.78, 5) is 13.9. The highest BCUT2D eigenvalue weighted by Gasteiger charge is 2.24. The van der Waals surface area contributed by atoms with Crippen molar-refractivity contribution in [3.05, 3.63) is 22.9 Å². The van der Waals surface area contributed by atoms with Crippen LogP contribution in [0.5, 0.6) is 11.5 Å². The molecule has 0 amide bonds. The molecule has 0 radical (unpaired) electrons. The minimum atomic E-state index is -0.181. The fourth-order valence-electron chi connectivity index (χ4n) is 3.08. The normalized spacial score (nSPS) is 15.6. The molecule has 0 bridgehead atoms. The minimum absolute atomic E-state index is 0.178. The van der Waals surface area contributed by atoms with Crippen molar-refractivity contribution in [2.45, 2.75) is 28.9 Å². The van der Waals surface area contributed by atoms with Crippen molar-refractivity contribution in [3.63, 3.8) is 0 Å². The largest absolute Gasteiger partial charge is 0.504 e. The maximum absolute atomic E-state index is 9.84. The van der Waals surface area contributed by atoms with Gasteiger partial charge in [0.2, 0.25) is 0 Å². The van der Waals surface area contributed by atoms with Crippen LogP contribution in [-0.2, 0) is 0 Å². The summed E-state index contributed by atoms with van der Waals surface area (Å²) in [5, 5.41) is 23.6. The molecule has 26 heavy (non-hydrogen) atoms. The van der Waals surface area contributed by atoms with Crippen LogP contribution in [-0.4, -0.2) is 42.8 Å². The van der Waals surface area contributed by atoms with Gasteiger partial charge in [0, 0.05) is 15.4 Å². The number of halogens is 1. The SMILES string of the molecule is Nc1ncnc2c1nc(Sc1cc(O)c(O)cc1Br)n2C1CCNCC1. The second-order valence-corrected chi connectivity index (χ2v) is 7.91. The maximum Gasteiger partial charge on any atom is 0.175 e. The van der Waals surface area contributed by atoms with Gasteiger partial charge in [-0.2, -0.15) is 0 Å². The lowest BCUT2D eigenvalue weighted by Crippen LogP contribution is -2.29. The second-order valence-electron chi connectivity index (χ2n) is 6.05. The summed E-state index contributed by atoms with van der Waals surface area (Å²) >= 11 is 4.81. The van der Waals surface area contributed by atoms with Crippen molar-refractivity contribution < 1.29 is 10.2 Å². The van der Waals surface area contributed by atoms with Crippen LogP contribution < -0.4 is 11.1 Å². The Morgan fingerprint density at radius 3 is 2.69 bits per heavy atom. The Morgan fingerprint density at radius 1 is 1.19 bits per heavy atom. The Hall–Kier alpha value is -2.04. The molecule has 1 saturated heterocycles. The summed E-state index contributed by atoms with van der Waals surface area (Å²) < 4.78 is 2.77. The summed E-state index contributed by atoms with van der Waals surface area (Å²) in [6.45, 7) is 1.86. The van der Waals surface area contributed by atoms with E-state index in [2.05, 4.69) is 40.8 Å². The molecule has 8 nitrogen and oxygen atoms in total. The number of piperidine rings is 1. The monoisotopic (exact) mass is 436 g/mol. The highest BCUT2D eigenvalue weighted by atomic mass is 79.9. The molecule has 0 spiro atoms. The van der Waals surface area contributed by atoms with Crippen molar-refractivity contribution in [1.82, 2.24) is 24.8 Å². The summed E-state index contributed by atoms with van der Waals surface area (Å²) in [6, 6.07) is 3.22. The average Bonchev–Trinajstić information content (AvgIpc) is 3.00. The molecule has 0 saturated carbocycles. The van der Waals surface area contributed by atoms with E-state index in [0.29, 0.717) is 21.5 Å².